The number of Topliss-reactive ketones (excluding diaryl/α,β-unsaturated/α-hetero) is 1. The Morgan fingerprint density at radius 2 is 1.88 bits per heavy atom. The predicted octanol–water partition coefficient (Wildman–Crippen LogP) is 3.81. The number of nitrogens with one attached hydrogen (secondary N) is 1. The molecule has 0 spiro atoms. The van der Waals surface area contributed by atoms with Crippen LogP contribution in [-0.2, 0) is 4.79 Å². The molecule has 2 aromatic rings. The van der Waals surface area contributed by atoms with Crippen molar-refractivity contribution < 1.29 is 19.1 Å². The van der Waals surface area contributed by atoms with Gasteiger partial charge in [-0.15, -0.1) is 0 Å². The van der Waals surface area contributed by atoms with Crippen LogP contribution >= 0.6 is 11.6 Å². The van der Waals surface area contributed by atoms with Crippen LogP contribution in [0.5, 0.6) is 11.5 Å². The highest BCUT2D eigenvalue weighted by Crippen LogP contribution is 2.28. The summed E-state index contributed by atoms with van der Waals surface area (Å²) >= 11 is 6.13. The molecule has 0 aromatic heterocycles. The van der Waals surface area contributed by atoms with Gasteiger partial charge in [-0.3, -0.25) is 9.59 Å². The Morgan fingerprint density at radius 1 is 1.16 bits per heavy atom. The number of methoxy groups -OCH3 is 1. The number of hydrogen-bond donors (Lipinski definition) is 1. The summed E-state index contributed by atoms with van der Waals surface area (Å²) in [6.45, 7) is 3.14. The topological polar surface area (TPSA) is 64.6 Å². The van der Waals surface area contributed by atoms with Gasteiger partial charge in [0.15, 0.2) is 23.9 Å². The Bertz CT molecular complexity index is 776. The van der Waals surface area contributed by atoms with Crippen LogP contribution in [0.3, 0.4) is 0 Å². The zero-order valence-electron chi connectivity index (χ0n) is 14.3. The molecule has 0 heterocycles. The van der Waals surface area contributed by atoms with Gasteiger partial charge < -0.3 is 14.8 Å². The number of ether oxygens (including phenoxy) is 2. The van der Waals surface area contributed by atoms with Crippen molar-refractivity contribution in [3.63, 3.8) is 0 Å². The molecule has 2 rings (SSSR count). The molecule has 1 N–H and O–H groups in total. The van der Waals surface area contributed by atoms with E-state index < -0.39 is 0 Å². The van der Waals surface area contributed by atoms with Crippen molar-refractivity contribution in [3.8, 4) is 11.5 Å². The molecule has 2 aromatic carbocycles. The minimum atomic E-state index is -0.287. The SMILES string of the molecule is COc1cc(C(C)=O)ccc1OCC(=O)NC(C)c1ccccc1Cl. The van der Waals surface area contributed by atoms with Crippen LogP contribution < -0.4 is 14.8 Å². The fraction of sp³-hybridized carbons (Fsp3) is 0.263. The van der Waals surface area contributed by atoms with Crippen LogP contribution in [0, 0.1) is 0 Å². The summed E-state index contributed by atoms with van der Waals surface area (Å²) in [4.78, 5) is 23.5. The Balaban J connectivity index is 1.98. The standard InChI is InChI=1S/C19H20ClNO4/c1-12(15-6-4-5-7-16(15)20)21-19(23)11-25-17-9-8-14(13(2)22)10-18(17)24-3/h4-10,12H,11H2,1-3H3,(H,21,23). The van der Waals surface area contributed by atoms with Crippen molar-refractivity contribution in [2.24, 2.45) is 0 Å². The average Bonchev–Trinajstić information content (AvgIpc) is 2.59. The summed E-state index contributed by atoms with van der Waals surface area (Å²) < 4.78 is 10.7. The first-order chi connectivity index (χ1) is 11.9. The van der Waals surface area contributed by atoms with Gasteiger partial charge in [0, 0.05) is 10.6 Å². The van der Waals surface area contributed by atoms with Crippen LogP contribution in [-0.4, -0.2) is 25.4 Å². The van der Waals surface area contributed by atoms with E-state index in [0.29, 0.717) is 22.1 Å². The minimum absolute atomic E-state index is 0.0730. The van der Waals surface area contributed by atoms with Gasteiger partial charge in [0.2, 0.25) is 0 Å². The van der Waals surface area contributed by atoms with Crippen LogP contribution in [0.25, 0.3) is 0 Å². The zero-order valence-corrected chi connectivity index (χ0v) is 15.1. The third-order valence-corrected chi connectivity index (χ3v) is 4.02. The molecule has 1 unspecified atom stereocenters. The lowest BCUT2D eigenvalue weighted by Gasteiger charge is -2.16. The average molecular weight is 362 g/mol. The molecular formula is C19H20ClNO4. The van der Waals surface area contributed by atoms with Gasteiger partial charge in [-0.05, 0) is 43.7 Å². The third-order valence-electron chi connectivity index (χ3n) is 3.68. The lowest BCUT2D eigenvalue weighted by atomic mass is 10.1. The van der Waals surface area contributed by atoms with Gasteiger partial charge in [0.05, 0.1) is 13.2 Å². The molecule has 1 amide bonds. The lowest BCUT2D eigenvalue weighted by Crippen LogP contribution is -2.31. The molecule has 6 heteroatoms. The highest BCUT2D eigenvalue weighted by Gasteiger charge is 2.14. The van der Waals surface area contributed by atoms with Gasteiger partial charge in [-0.25, -0.2) is 0 Å². The van der Waals surface area contributed by atoms with Gasteiger partial charge in [-0.2, -0.15) is 0 Å². The molecule has 0 bridgehead atoms. The van der Waals surface area contributed by atoms with Gasteiger partial charge >= 0.3 is 0 Å². The number of halogens is 1. The third kappa shape index (κ3) is 4.97. The summed E-state index contributed by atoms with van der Waals surface area (Å²) in [6.07, 6.45) is 0. The first-order valence-corrected chi connectivity index (χ1v) is 8.15. The zero-order chi connectivity index (χ0) is 18.4. The molecule has 0 saturated heterocycles. The normalized spacial score (nSPS) is 11.5. The van der Waals surface area contributed by atoms with E-state index in [0.717, 1.165) is 5.56 Å². The van der Waals surface area contributed by atoms with E-state index in [1.165, 1.54) is 14.0 Å². The van der Waals surface area contributed by atoms with Crippen LogP contribution in [0.4, 0.5) is 0 Å². The summed E-state index contributed by atoms with van der Waals surface area (Å²) in [5.41, 5.74) is 1.35. The van der Waals surface area contributed by atoms with Crippen LogP contribution in [0.2, 0.25) is 5.02 Å². The van der Waals surface area contributed by atoms with E-state index in [-0.39, 0.29) is 24.3 Å². The monoisotopic (exact) mass is 361 g/mol. The van der Waals surface area contributed by atoms with Gasteiger partial charge in [0.1, 0.15) is 0 Å². The lowest BCUT2D eigenvalue weighted by molar-refractivity contribution is -0.123. The molecule has 0 aliphatic heterocycles. The molecule has 132 valence electrons. The number of ketones is 1. The molecule has 0 fully saturated rings. The van der Waals surface area contributed by atoms with Crippen molar-refractivity contribution in [3.05, 3.63) is 58.6 Å². The molecule has 5 nitrogen and oxygen atoms in total. The van der Waals surface area contributed by atoms with Crippen LogP contribution in [0.15, 0.2) is 42.5 Å². The second-order valence-electron chi connectivity index (χ2n) is 5.52. The number of carbonyl (C=O) groups excluding carboxylic acids is 2. The molecule has 0 saturated carbocycles. The Labute approximate surface area is 151 Å². The molecule has 0 radical (unpaired) electrons. The van der Waals surface area contributed by atoms with Gasteiger partial charge in [0.25, 0.3) is 5.91 Å². The van der Waals surface area contributed by atoms with Crippen molar-refractivity contribution in [2.45, 2.75) is 19.9 Å². The van der Waals surface area contributed by atoms with E-state index in [2.05, 4.69) is 5.32 Å². The smallest absolute Gasteiger partial charge is 0.258 e. The van der Waals surface area contributed by atoms with Crippen LogP contribution in [0.1, 0.15) is 35.8 Å². The van der Waals surface area contributed by atoms with E-state index in [4.69, 9.17) is 21.1 Å². The van der Waals surface area contributed by atoms with E-state index in [9.17, 15) is 9.59 Å². The number of carbonyl (C=O) groups is 2. The Morgan fingerprint density at radius 3 is 2.52 bits per heavy atom. The van der Waals surface area contributed by atoms with Crippen molar-refractivity contribution in [2.75, 3.05) is 13.7 Å². The predicted molar refractivity (Wildman–Crippen MR) is 96.5 cm³/mol. The Hall–Kier alpha value is -2.53. The molecule has 1 atom stereocenters. The van der Waals surface area contributed by atoms with E-state index in [1.54, 1.807) is 24.3 Å². The molecular weight excluding hydrogens is 342 g/mol. The molecule has 25 heavy (non-hydrogen) atoms. The maximum absolute atomic E-state index is 12.1. The minimum Gasteiger partial charge on any atom is -0.493 e. The fourth-order valence-electron chi connectivity index (χ4n) is 2.34. The highest BCUT2D eigenvalue weighted by atomic mass is 35.5. The first-order valence-electron chi connectivity index (χ1n) is 7.78. The summed E-state index contributed by atoms with van der Waals surface area (Å²) in [5.74, 6) is 0.439. The van der Waals surface area contributed by atoms with Crippen molar-refractivity contribution >= 4 is 23.3 Å². The molecule has 0 aliphatic rings. The summed E-state index contributed by atoms with van der Waals surface area (Å²) in [6, 6.07) is 11.9. The van der Waals surface area contributed by atoms with Gasteiger partial charge in [-0.1, -0.05) is 29.8 Å². The number of amides is 1. The maximum Gasteiger partial charge on any atom is 0.258 e. The Kier molecular flexibility index (Phi) is 6.42. The largest absolute Gasteiger partial charge is 0.493 e. The first kappa shape index (κ1) is 18.8. The van der Waals surface area contributed by atoms with E-state index >= 15 is 0 Å². The second kappa shape index (κ2) is 8.53. The second-order valence-corrected chi connectivity index (χ2v) is 5.93. The van der Waals surface area contributed by atoms with E-state index in [1.807, 2.05) is 25.1 Å². The molecule has 0 aliphatic carbocycles. The quantitative estimate of drug-likeness (QED) is 0.762. The maximum atomic E-state index is 12.1. The van der Waals surface area contributed by atoms with Crippen molar-refractivity contribution in [1.82, 2.24) is 5.32 Å². The highest BCUT2D eigenvalue weighted by molar-refractivity contribution is 6.31. The number of benzene rings is 2. The fourth-order valence-corrected chi connectivity index (χ4v) is 2.64. The summed E-state index contributed by atoms with van der Waals surface area (Å²) in [7, 11) is 1.48. The van der Waals surface area contributed by atoms with Crippen molar-refractivity contribution in [1.29, 1.82) is 0 Å². The number of hydrogen-bond acceptors (Lipinski definition) is 4. The summed E-state index contributed by atoms with van der Waals surface area (Å²) in [5, 5.41) is 3.43. The number of rotatable bonds is 7.